The SMILES string of the molecule is COC(C)[N+](C)(C(C)O)C(C)OC. The summed E-state index contributed by atoms with van der Waals surface area (Å²) in [6.07, 6.45) is -0.727. The van der Waals surface area contributed by atoms with E-state index >= 15 is 0 Å². The lowest BCUT2D eigenvalue weighted by Crippen LogP contribution is -2.62. The Labute approximate surface area is 80.6 Å². The summed E-state index contributed by atoms with van der Waals surface area (Å²) >= 11 is 0. The molecule has 0 aromatic rings. The summed E-state index contributed by atoms with van der Waals surface area (Å²) in [5, 5.41) is 9.69. The molecular formula is C9H22NO3+. The van der Waals surface area contributed by atoms with Gasteiger partial charge in [0.25, 0.3) is 0 Å². The van der Waals surface area contributed by atoms with E-state index in [9.17, 15) is 5.11 Å². The number of nitrogens with zero attached hydrogens (tertiary/aromatic N) is 1. The minimum atomic E-state index is -0.523. The molecule has 0 aliphatic carbocycles. The number of aliphatic hydroxyl groups excluding tert-OH is 1. The summed E-state index contributed by atoms with van der Waals surface area (Å²) in [6.45, 7) is 5.58. The number of rotatable bonds is 5. The van der Waals surface area contributed by atoms with Crippen LogP contribution in [0.25, 0.3) is 0 Å². The Bertz CT molecular complexity index is 140. The first-order chi connectivity index (χ1) is 5.91. The second-order valence-electron chi connectivity index (χ2n) is 3.52. The third-order valence-electron chi connectivity index (χ3n) is 3.05. The van der Waals surface area contributed by atoms with Crippen molar-refractivity contribution in [1.29, 1.82) is 0 Å². The van der Waals surface area contributed by atoms with Crippen LogP contribution in [0.15, 0.2) is 0 Å². The Morgan fingerprint density at radius 3 is 1.46 bits per heavy atom. The fourth-order valence-corrected chi connectivity index (χ4v) is 1.36. The van der Waals surface area contributed by atoms with Crippen LogP contribution >= 0.6 is 0 Å². The molecule has 4 heteroatoms. The van der Waals surface area contributed by atoms with Crippen LogP contribution in [0.1, 0.15) is 20.8 Å². The van der Waals surface area contributed by atoms with E-state index in [1.54, 1.807) is 21.1 Å². The lowest BCUT2D eigenvalue weighted by atomic mass is 10.3. The summed E-state index contributed by atoms with van der Waals surface area (Å²) < 4.78 is 10.8. The molecule has 0 aromatic carbocycles. The molecule has 0 radical (unpaired) electrons. The van der Waals surface area contributed by atoms with Crippen molar-refractivity contribution in [3.05, 3.63) is 0 Å². The van der Waals surface area contributed by atoms with Crippen LogP contribution in [0.2, 0.25) is 0 Å². The number of methoxy groups -OCH3 is 2. The van der Waals surface area contributed by atoms with E-state index in [-0.39, 0.29) is 12.5 Å². The first kappa shape index (κ1) is 12.8. The van der Waals surface area contributed by atoms with Crippen LogP contribution in [0, 0.1) is 0 Å². The highest BCUT2D eigenvalue weighted by Gasteiger charge is 2.39. The minimum Gasteiger partial charge on any atom is -0.345 e. The van der Waals surface area contributed by atoms with Crippen molar-refractivity contribution in [3.63, 3.8) is 0 Å². The van der Waals surface area contributed by atoms with E-state index < -0.39 is 6.23 Å². The van der Waals surface area contributed by atoms with Gasteiger partial charge in [0.2, 0.25) is 0 Å². The summed E-state index contributed by atoms with van der Waals surface area (Å²) in [5.74, 6) is 0. The summed E-state index contributed by atoms with van der Waals surface area (Å²) in [7, 11) is 5.17. The van der Waals surface area contributed by atoms with E-state index in [0.717, 1.165) is 0 Å². The molecule has 3 atom stereocenters. The number of ether oxygens (including phenoxy) is 2. The van der Waals surface area contributed by atoms with Crippen molar-refractivity contribution in [1.82, 2.24) is 0 Å². The average molecular weight is 192 g/mol. The Balaban J connectivity index is 4.71. The number of quaternary nitrogens is 1. The normalized spacial score (nSPS) is 23.3. The summed E-state index contributed by atoms with van der Waals surface area (Å²) in [4.78, 5) is 0. The standard InChI is InChI=1S/C9H22NO3/c1-7(11)10(4,8(2)12-5)9(3)13-6/h7-9,11H,1-6H3/q+1. The third kappa shape index (κ3) is 2.40. The van der Waals surface area contributed by atoms with Gasteiger partial charge in [0.05, 0.1) is 7.05 Å². The Kier molecular flexibility index (Phi) is 4.85. The molecule has 1 N–H and O–H groups in total. The average Bonchev–Trinajstić information content (AvgIpc) is 2.13. The molecule has 0 saturated heterocycles. The molecule has 0 amide bonds. The van der Waals surface area contributed by atoms with Gasteiger partial charge in [-0.05, 0) is 0 Å². The molecule has 0 aliphatic heterocycles. The smallest absolute Gasteiger partial charge is 0.193 e. The first-order valence-corrected chi connectivity index (χ1v) is 4.50. The molecule has 0 saturated carbocycles. The molecule has 0 aromatic heterocycles. The van der Waals surface area contributed by atoms with Crippen LogP contribution in [0.3, 0.4) is 0 Å². The first-order valence-electron chi connectivity index (χ1n) is 4.50. The fourth-order valence-electron chi connectivity index (χ4n) is 1.36. The molecule has 0 spiro atoms. The van der Waals surface area contributed by atoms with Gasteiger partial charge in [0.1, 0.15) is 0 Å². The predicted octanol–water partition coefficient (Wildman–Crippen LogP) is 0.756. The number of aliphatic hydroxyl groups is 1. The largest absolute Gasteiger partial charge is 0.345 e. The van der Waals surface area contributed by atoms with Gasteiger partial charge < -0.3 is 14.6 Å². The highest BCUT2D eigenvalue weighted by Crippen LogP contribution is 2.20. The van der Waals surface area contributed by atoms with Gasteiger partial charge in [-0.15, -0.1) is 0 Å². The van der Waals surface area contributed by atoms with Crippen molar-refractivity contribution < 1.29 is 19.1 Å². The Morgan fingerprint density at radius 2 is 1.31 bits per heavy atom. The fraction of sp³-hybridized carbons (Fsp3) is 1.00. The van der Waals surface area contributed by atoms with Crippen molar-refractivity contribution in [2.75, 3.05) is 21.3 Å². The van der Waals surface area contributed by atoms with Crippen molar-refractivity contribution in [3.8, 4) is 0 Å². The van der Waals surface area contributed by atoms with Crippen LogP contribution in [-0.4, -0.2) is 49.5 Å². The van der Waals surface area contributed by atoms with Gasteiger partial charge >= 0.3 is 0 Å². The molecule has 3 unspecified atom stereocenters. The minimum absolute atomic E-state index is 0.102. The zero-order valence-electron chi connectivity index (χ0n) is 9.44. The van der Waals surface area contributed by atoms with Crippen LogP contribution in [-0.2, 0) is 9.47 Å². The molecule has 0 rings (SSSR count). The molecule has 0 heterocycles. The molecule has 0 aliphatic rings. The van der Waals surface area contributed by atoms with Crippen molar-refractivity contribution in [2.45, 2.75) is 39.5 Å². The maximum Gasteiger partial charge on any atom is 0.193 e. The second kappa shape index (κ2) is 4.91. The van der Waals surface area contributed by atoms with Crippen LogP contribution in [0.5, 0.6) is 0 Å². The van der Waals surface area contributed by atoms with E-state index in [4.69, 9.17) is 9.47 Å². The van der Waals surface area contributed by atoms with E-state index in [2.05, 4.69) is 0 Å². The molecule has 0 bridgehead atoms. The zero-order chi connectivity index (χ0) is 10.6. The Morgan fingerprint density at radius 1 is 1.00 bits per heavy atom. The lowest BCUT2D eigenvalue weighted by Gasteiger charge is -2.44. The van der Waals surface area contributed by atoms with Crippen LogP contribution in [0.4, 0.5) is 0 Å². The van der Waals surface area contributed by atoms with Gasteiger partial charge in [-0.3, -0.25) is 4.48 Å². The van der Waals surface area contributed by atoms with E-state index in [1.807, 2.05) is 20.9 Å². The summed E-state index contributed by atoms with van der Waals surface area (Å²) in [5.41, 5.74) is 0. The zero-order valence-corrected chi connectivity index (χ0v) is 9.44. The predicted molar refractivity (Wildman–Crippen MR) is 50.8 cm³/mol. The molecule has 4 nitrogen and oxygen atoms in total. The van der Waals surface area contributed by atoms with Gasteiger partial charge in [-0.2, -0.15) is 0 Å². The lowest BCUT2D eigenvalue weighted by molar-refractivity contribution is -1.03. The van der Waals surface area contributed by atoms with E-state index in [1.165, 1.54) is 0 Å². The number of hydrogen-bond acceptors (Lipinski definition) is 3. The van der Waals surface area contributed by atoms with Gasteiger partial charge in [-0.1, -0.05) is 0 Å². The van der Waals surface area contributed by atoms with Gasteiger partial charge in [-0.25, -0.2) is 0 Å². The maximum absolute atomic E-state index is 9.69. The number of hydrogen-bond donors (Lipinski definition) is 1. The highest BCUT2D eigenvalue weighted by atomic mass is 16.5. The molecule has 13 heavy (non-hydrogen) atoms. The van der Waals surface area contributed by atoms with Gasteiger partial charge in [0.15, 0.2) is 18.7 Å². The van der Waals surface area contributed by atoms with Crippen molar-refractivity contribution in [2.24, 2.45) is 0 Å². The molecule has 80 valence electrons. The summed E-state index contributed by atoms with van der Waals surface area (Å²) in [6, 6.07) is 0. The highest BCUT2D eigenvalue weighted by molar-refractivity contribution is 4.44. The molecular weight excluding hydrogens is 170 g/mol. The molecule has 0 fully saturated rings. The quantitative estimate of drug-likeness (QED) is 0.516. The third-order valence-corrected chi connectivity index (χ3v) is 3.05. The monoisotopic (exact) mass is 192 g/mol. The van der Waals surface area contributed by atoms with Gasteiger partial charge in [0, 0.05) is 35.0 Å². The topological polar surface area (TPSA) is 38.7 Å². The van der Waals surface area contributed by atoms with Crippen LogP contribution < -0.4 is 0 Å². The van der Waals surface area contributed by atoms with Crippen molar-refractivity contribution >= 4 is 0 Å². The van der Waals surface area contributed by atoms with E-state index in [0.29, 0.717) is 4.48 Å². The second-order valence-corrected chi connectivity index (χ2v) is 3.52. The Hall–Kier alpha value is -0.160. The maximum atomic E-state index is 9.69.